The van der Waals surface area contributed by atoms with Gasteiger partial charge < -0.3 is 10.1 Å². The SMILES string of the molecule is O=S(=O)(CNC1=NCCO1)c1ccccc1. The lowest BCUT2D eigenvalue weighted by Gasteiger charge is -2.06. The summed E-state index contributed by atoms with van der Waals surface area (Å²) in [7, 11) is -3.32. The van der Waals surface area contributed by atoms with Crippen molar-refractivity contribution in [3.63, 3.8) is 0 Å². The number of sulfone groups is 1. The number of hydrogen-bond donors (Lipinski definition) is 1. The predicted molar refractivity (Wildman–Crippen MR) is 59.9 cm³/mol. The first-order valence-electron chi connectivity index (χ1n) is 4.87. The number of nitrogens with one attached hydrogen (secondary N) is 1. The summed E-state index contributed by atoms with van der Waals surface area (Å²) >= 11 is 0. The fourth-order valence-corrected chi connectivity index (χ4v) is 2.36. The van der Waals surface area contributed by atoms with Crippen molar-refractivity contribution in [2.45, 2.75) is 4.90 Å². The van der Waals surface area contributed by atoms with Gasteiger partial charge in [0.1, 0.15) is 12.5 Å². The van der Waals surface area contributed by atoms with Gasteiger partial charge in [-0.1, -0.05) is 18.2 Å². The lowest BCUT2D eigenvalue weighted by atomic mass is 10.4. The van der Waals surface area contributed by atoms with E-state index in [2.05, 4.69) is 10.3 Å². The first-order valence-corrected chi connectivity index (χ1v) is 6.53. The largest absolute Gasteiger partial charge is 0.463 e. The predicted octanol–water partition coefficient (Wildman–Crippen LogP) is 0.394. The van der Waals surface area contributed by atoms with Crippen LogP contribution in [0.1, 0.15) is 0 Å². The maximum Gasteiger partial charge on any atom is 0.285 e. The molecular formula is C10H12N2O3S. The molecule has 0 saturated carbocycles. The summed E-state index contributed by atoms with van der Waals surface area (Å²) in [6.07, 6.45) is 0. The third-order valence-electron chi connectivity index (χ3n) is 2.10. The van der Waals surface area contributed by atoms with E-state index in [0.29, 0.717) is 24.1 Å². The average Bonchev–Trinajstić information content (AvgIpc) is 2.81. The van der Waals surface area contributed by atoms with Gasteiger partial charge in [0.2, 0.25) is 0 Å². The van der Waals surface area contributed by atoms with Gasteiger partial charge in [-0.05, 0) is 12.1 Å². The molecule has 1 heterocycles. The van der Waals surface area contributed by atoms with Gasteiger partial charge in [0.15, 0.2) is 9.84 Å². The van der Waals surface area contributed by atoms with E-state index in [1.54, 1.807) is 30.3 Å². The van der Waals surface area contributed by atoms with Crippen LogP contribution < -0.4 is 5.32 Å². The second kappa shape index (κ2) is 4.52. The Balaban J connectivity index is 2.03. The third kappa shape index (κ3) is 2.52. The van der Waals surface area contributed by atoms with Crippen molar-refractivity contribution in [1.82, 2.24) is 5.32 Å². The second-order valence-electron chi connectivity index (χ2n) is 3.28. The molecule has 1 aliphatic rings. The van der Waals surface area contributed by atoms with E-state index in [4.69, 9.17) is 4.74 Å². The van der Waals surface area contributed by atoms with Crippen LogP contribution in [-0.4, -0.2) is 33.5 Å². The molecule has 0 unspecified atom stereocenters. The van der Waals surface area contributed by atoms with Crippen molar-refractivity contribution in [3.8, 4) is 0 Å². The van der Waals surface area contributed by atoms with Crippen LogP contribution in [0, 0.1) is 0 Å². The Morgan fingerprint density at radius 3 is 2.69 bits per heavy atom. The Hall–Kier alpha value is -1.56. The number of hydrogen-bond acceptors (Lipinski definition) is 5. The zero-order chi connectivity index (χ0) is 11.4. The highest BCUT2D eigenvalue weighted by Gasteiger charge is 2.16. The Morgan fingerprint density at radius 1 is 1.31 bits per heavy atom. The minimum atomic E-state index is -3.32. The van der Waals surface area contributed by atoms with Crippen molar-refractivity contribution < 1.29 is 13.2 Å². The summed E-state index contributed by atoms with van der Waals surface area (Å²) < 4.78 is 28.7. The van der Waals surface area contributed by atoms with Gasteiger partial charge in [-0.2, -0.15) is 0 Å². The van der Waals surface area contributed by atoms with Gasteiger partial charge >= 0.3 is 0 Å². The van der Waals surface area contributed by atoms with Gasteiger partial charge in [-0.15, -0.1) is 0 Å². The normalized spacial score (nSPS) is 15.4. The van der Waals surface area contributed by atoms with Crippen LogP contribution in [0.15, 0.2) is 40.2 Å². The number of rotatable bonds is 3. The Bertz CT molecular complexity index is 482. The first-order chi connectivity index (χ1) is 7.68. The van der Waals surface area contributed by atoms with Gasteiger partial charge in [0, 0.05) is 0 Å². The fraction of sp³-hybridized carbons (Fsp3) is 0.300. The van der Waals surface area contributed by atoms with Gasteiger partial charge in [-0.25, -0.2) is 13.4 Å². The molecule has 2 rings (SSSR count). The molecule has 86 valence electrons. The smallest absolute Gasteiger partial charge is 0.285 e. The van der Waals surface area contributed by atoms with E-state index >= 15 is 0 Å². The van der Waals surface area contributed by atoms with Crippen molar-refractivity contribution >= 4 is 15.9 Å². The Kier molecular flexibility index (Phi) is 3.09. The number of aliphatic imine (C=N–C) groups is 1. The number of benzene rings is 1. The quantitative estimate of drug-likeness (QED) is 0.830. The maximum absolute atomic E-state index is 11.8. The molecule has 0 amide bonds. The van der Waals surface area contributed by atoms with Crippen LogP contribution in [0.5, 0.6) is 0 Å². The molecule has 0 atom stereocenters. The molecule has 5 nitrogen and oxygen atoms in total. The van der Waals surface area contributed by atoms with Crippen LogP contribution in [0.4, 0.5) is 0 Å². The lowest BCUT2D eigenvalue weighted by molar-refractivity contribution is 0.334. The molecule has 0 bridgehead atoms. The second-order valence-corrected chi connectivity index (χ2v) is 5.27. The van der Waals surface area contributed by atoms with Crippen molar-refractivity contribution in [3.05, 3.63) is 30.3 Å². The monoisotopic (exact) mass is 240 g/mol. The topological polar surface area (TPSA) is 67.8 Å². The van der Waals surface area contributed by atoms with Crippen LogP contribution >= 0.6 is 0 Å². The minimum absolute atomic E-state index is 0.199. The maximum atomic E-state index is 11.8. The molecular weight excluding hydrogens is 228 g/mol. The standard InChI is InChI=1S/C10H12N2O3S/c13-16(14,9-4-2-1-3-5-9)8-12-10-11-6-7-15-10/h1-5H,6-8H2,(H,11,12). The number of nitrogens with zero attached hydrogens (tertiary/aromatic N) is 1. The highest BCUT2D eigenvalue weighted by atomic mass is 32.2. The molecule has 1 N–H and O–H groups in total. The molecule has 1 aliphatic heterocycles. The Labute approximate surface area is 94.1 Å². The van der Waals surface area contributed by atoms with Crippen LogP contribution in [0.2, 0.25) is 0 Å². The molecule has 0 saturated heterocycles. The highest BCUT2D eigenvalue weighted by Crippen LogP contribution is 2.08. The van der Waals surface area contributed by atoms with E-state index in [-0.39, 0.29) is 5.88 Å². The van der Waals surface area contributed by atoms with Gasteiger partial charge in [0.25, 0.3) is 6.02 Å². The number of ether oxygens (including phenoxy) is 1. The van der Waals surface area contributed by atoms with Crippen molar-refractivity contribution in [1.29, 1.82) is 0 Å². The molecule has 0 aliphatic carbocycles. The molecule has 0 spiro atoms. The third-order valence-corrected chi connectivity index (χ3v) is 3.62. The molecule has 1 aromatic rings. The van der Waals surface area contributed by atoms with Crippen molar-refractivity contribution in [2.24, 2.45) is 4.99 Å². The number of amidine groups is 1. The zero-order valence-corrected chi connectivity index (χ0v) is 9.40. The van der Waals surface area contributed by atoms with Crippen LogP contribution in [0.3, 0.4) is 0 Å². The fourth-order valence-electron chi connectivity index (χ4n) is 1.31. The summed E-state index contributed by atoms with van der Waals surface area (Å²) in [6.45, 7) is 1.08. The van der Waals surface area contributed by atoms with Gasteiger partial charge in [-0.3, -0.25) is 0 Å². The minimum Gasteiger partial charge on any atom is -0.463 e. The van der Waals surface area contributed by atoms with E-state index in [1.807, 2.05) is 0 Å². The summed E-state index contributed by atoms with van der Waals surface area (Å²) in [5.74, 6) is -0.199. The average molecular weight is 240 g/mol. The van der Waals surface area contributed by atoms with E-state index in [0.717, 1.165) is 0 Å². The molecule has 6 heteroatoms. The molecule has 0 aromatic heterocycles. The first kappa shape index (κ1) is 10.9. The summed E-state index contributed by atoms with van der Waals surface area (Å²) in [4.78, 5) is 4.24. The van der Waals surface area contributed by atoms with Gasteiger partial charge in [0.05, 0.1) is 11.4 Å². The van der Waals surface area contributed by atoms with E-state index < -0.39 is 9.84 Å². The lowest BCUT2D eigenvalue weighted by Crippen LogP contribution is -2.29. The Morgan fingerprint density at radius 2 is 2.06 bits per heavy atom. The molecule has 1 aromatic carbocycles. The van der Waals surface area contributed by atoms with Crippen LogP contribution in [0.25, 0.3) is 0 Å². The summed E-state index contributed by atoms with van der Waals surface area (Å²) in [5.41, 5.74) is 0. The molecule has 0 fully saturated rings. The summed E-state index contributed by atoms with van der Waals surface area (Å²) in [6, 6.07) is 8.59. The molecule has 16 heavy (non-hydrogen) atoms. The molecule has 0 radical (unpaired) electrons. The van der Waals surface area contributed by atoms with Crippen molar-refractivity contribution in [2.75, 3.05) is 19.0 Å². The van der Waals surface area contributed by atoms with E-state index in [9.17, 15) is 8.42 Å². The van der Waals surface area contributed by atoms with Crippen LogP contribution in [-0.2, 0) is 14.6 Å². The summed E-state index contributed by atoms with van der Waals surface area (Å²) in [5, 5.41) is 2.66. The zero-order valence-electron chi connectivity index (χ0n) is 8.59. The van der Waals surface area contributed by atoms with E-state index in [1.165, 1.54) is 0 Å². The highest BCUT2D eigenvalue weighted by molar-refractivity contribution is 7.91.